The molecule has 9 heteroatoms. The molecule has 1 fully saturated rings. The first-order valence-corrected chi connectivity index (χ1v) is 10.9. The maximum Gasteiger partial charge on any atom is 0.271 e. The Balaban J connectivity index is 1.80. The molecule has 0 aliphatic carbocycles. The van der Waals surface area contributed by atoms with Crippen LogP contribution in [-0.4, -0.2) is 34.2 Å². The topological polar surface area (TPSA) is 83.5 Å². The molecule has 2 aromatic rings. The highest BCUT2D eigenvalue weighted by molar-refractivity contribution is 7.94. The van der Waals surface area contributed by atoms with E-state index >= 15 is 0 Å². The van der Waals surface area contributed by atoms with E-state index in [9.17, 15) is 16.8 Å². The van der Waals surface area contributed by atoms with Gasteiger partial charge in [0.15, 0.2) is 0 Å². The summed E-state index contributed by atoms with van der Waals surface area (Å²) in [6.07, 6.45) is 1.75. The number of nitrogens with one attached hydrogen (secondary N) is 1. The average Bonchev–Trinajstić information content (AvgIpc) is 3.21. The Morgan fingerprint density at radius 2 is 1.61 bits per heavy atom. The van der Waals surface area contributed by atoms with E-state index in [1.165, 1.54) is 34.6 Å². The van der Waals surface area contributed by atoms with Crippen LogP contribution in [0.5, 0.6) is 0 Å². The number of sulfonamides is 2. The van der Waals surface area contributed by atoms with Gasteiger partial charge in [0, 0.05) is 18.8 Å². The molecule has 0 spiro atoms. The molecule has 124 valence electrons. The van der Waals surface area contributed by atoms with Crippen LogP contribution in [0.25, 0.3) is 0 Å². The molecule has 0 atom stereocenters. The molecule has 23 heavy (non-hydrogen) atoms. The summed E-state index contributed by atoms with van der Waals surface area (Å²) in [4.78, 5) is 0.179. The lowest BCUT2D eigenvalue weighted by Gasteiger charge is -2.15. The molecule has 0 saturated carbocycles. The highest BCUT2D eigenvalue weighted by Gasteiger charge is 2.27. The number of anilines is 1. The van der Waals surface area contributed by atoms with Crippen molar-refractivity contribution >= 4 is 37.1 Å². The summed E-state index contributed by atoms with van der Waals surface area (Å²) in [5.74, 6) is 0. The molecule has 1 aliphatic heterocycles. The molecule has 2 heterocycles. The first-order chi connectivity index (χ1) is 10.9. The van der Waals surface area contributed by atoms with Crippen LogP contribution >= 0.6 is 11.3 Å². The maximum absolute atomic E-state index is 12.4. The van der Waals surface area contributed by atoms with E-state index in [0.29, 0.717) is 18.8 Å². The molecule has 1 N–H and O–H groups in total. The minimum absolute atomic E-state index is 0.179. The quantitative estimate of drug-likeness (QED) is 0.873. The van der Waals surface area contributed by atoms with E-state index in [1.54, 1.807) is 11.4 Å². The van der Waals surface area contributed by atoms with Gasteiger partial charge >= 0.3 is 0 Å². The van der Waals surface area contributed by atoms with Crippen LogP contribution < -0.4 is 4.72 Å². The third-order valence-electron chi connectivity index (χ3n) is 3.57. The Morgan fingerprint density at radius 1 is 0.957 bits per heavy atom. The van der Waals surface area contributed by atoms with Crippen molar-refractivity contribution in [3.63, 3.8) is 0 Å². The predicted molar refractivity (Wildman–Crippen MR) is 89.6 cm³/mol. The average molecular weight is 372 g/mol. The van der Waals surface area contributed by atoms with Crippen LogP contribution in [0.15, 0.2) is 50.9 Å². The number of nitrogens with zero attached hydrogens (tertiary/aromatic N) is 1. The third kappa shape index (κ3) is 3.42. The van der Waals surface area contributed by atoms with Crippen LogP contribution in [0.3, 0.4) is 0 Å². The number of rotatable bonds is 5. The molecule has 1 aromatic carbocycles. The Morgan fingerprint density at radius 3 is 2.17 bits per heavy atom. The van der Waals surface area contributed by atoms with Crippen LogP contribution in [-0.2, 0) is 20.0 Å². The van der Waals surface area contributed by atoms with E-state index in [1.807, 2.05) is 0 Å². The Hall–Kier alpha value is -1.42. The van der Waals surface area contributed by atoms with Gasteiger partial charge in [-0.05, 0) is 48.6 Å². The van der Waals surface area contributed by atoms with E-state index in [0.717, 1.165) is 24.2 Å². The van der Waals surface area contributed by atoms with Gasteiger partial charge in [0.1, 0.15) is 4.21 Å². The minimum Gasteiger partial charge on any atom is -0.279 e. The summed E-state index contributed by atoms with van der Waals surface area (Å²) in [5.41, 5.74) is 0.332. The monoisotopic (exact) mass is 372 g/mol. The van der Waals surface area contributed by atoms with Crippen LogP contribution in [0.4, 0.5) is 5.69 Å². The number of benzene rings is 1. The van der Waals surface area contributed by atoms with Gasteiger partial charge in [-0.3, -0.25) is 4.72 Å². The standard InChI is InChI=1S/C14H16N2O4S3/c17-22(18,14-4-3-11-21-14)15-12-5-7-13(8-6-12)23(19,20)16-9-1-2-10-16/h3-8,11,15H,1-2,9-10H2. The first-order valence-electron chi connectivity index (χ1n) is 7.06. The fourth-order valence-corrected chi connectivity index (χ4v) is 5.96. The van der Waals surface area contributed by atoms with Gasteiger partial charge in [-0.15, -0.1) is 11.3 Å². The molecule has 6 nitrogen and oxygen atoms in total. The Kier molecular flexibility index (Phi) is 4.45. The lowest BCUT2D eigenvalue weighted by molar-refractivity contribution is 0.477. The molecule has 0 bridgehead atoms. The molecule has 0 unspecified atom stereocenters. The lowest BCUT2D eigenvalue weighted by atomic mass is 10.3. The molecule has 1 aliphatic rings. The zero-order chi connectivity index (χ0) is 16.5. The van der Waals surface area contributed by atoms with Crippen molar-refractivity contribution in [2.45, 2.75) is 21.9 Å². The molecule has 1 aromatic heterocycles. The van der Waals surface area contributed by atoms with Gasteiger partial charge in [-0.25, -0.2) is 16.8 Å². The van der Waals surface area contributed by atoms with Gasteiger partial charge in [-0.1, -0.05) is 6.07 Å². The van der Waals surface area contributed by atoms with Gasteiger partial charge in [0.05, 0.1) is 4.90 Å². The van der Waals surface area contributed by atoms with Crippen molar-refractivity contribution in [2.24, 2.45) is 0 Å². The van der Waals surface area contributed by atoms with E-state index in [4.69, 9.17) is 0 Å². The molecule has 3 rings (SSSR count). The van der Waals surface area contributed by atoms with E-state index in [-0.39, 0.29) is 9.10 Å². The van der Waals surface area contributed by atoms with Crippen molar-refractivity contribution in [1.82, 2.24) is 4.31 Å². The fraction of sp³-hybridized carbons (Fsp3) is 0.286. The second-order valence-electron chi connectivity index (χ2n) is 5.17. The molecular weight excluding hydrogens is 356 g/mol. The van der Waals surface area contributed by atoms with E-state index < -0.39 is 20.0 Å². The number of hydrogen-bond acceptors (Lipinski definition) is 5. The summed E-state index contributed by atoms with van der Waals surface area (Å²) >= 11 is 1.12. The van der Waals surface area contributed by atoms with Crippen LogP contribution in [0.1, 0.15) is 12.8 Å². The minimum atomic E-state index is -3.63. The van der Waals surface area contributed by atoms with Crippen molar-refractivity contribution in [3.05, 3.63) is 41.8 Å². The summed E-state index contributed by atoms with van der Waals surface area (Å²) < 4.78 is 53.2. The highest BCUT2D eigenvalue weighted by Crippen LogP contribution is 2.24. The molecular formula is C14H16N2O4S3. The second-order valence-corrected chi connectivity index (χ2v) is 9.97. The number of hydrogen-bond donors (Lipinski definition) is 1. The van der Waals surface area contributed by atoms with Crippen molar-refractivity contribution in [3.8, 4) is 0 Å². The number of thiophene rings is 1. The van der Waals surface area contributed by atoms with Gasteiger partial charge in [0.25, 0.3) is 10.0 Å². The van der Waals surface area contributed by atoms with Crippen molar-refractivity contribution in [2.75, 3.05) is 17.8 Å². The largest absolute Gasteiger partial charge is 0.279 e. The van der Waals surface area contributed by atoms with E-state index in [2.05, 4.69) is 4.72 Å². The van der Waals surface area contributed by atoms with Crippen molar-refractivity contribution in [1.29, 1.82) is 0 Å². The Bertz CT molecular complexity index is 867. The third-order valence-corrected chi connectivity index (χ3v) is 8.26. The van der Waals surface area contributed by atoms with Gasteiger partial charge in [-0.2, -0.15) is 4.31 Å². The summed E-state index contributed by atoms with van der Waals surface area (Å²) in [6.45, 7) is 1.07. The van der Waals surface area contributed by atoms with Crippen molar-refractivity contribution < 1.29 is 16.8 Å². The SMILES string of the molecule is O=S(=O)(Nc1ccc(S(=O)(=O)N2CCCC2)cc1)c1cccs1. The summed E-state index contributed by atoms with van der Waals surface area (Å²) in [5, 5.41) is 1.68. The maximum atomic E-state index is 12.4. The zero-order valence-corrected chi connectivity index (χ0v) is 14.6. The molecule has 1 saturated heterocycles. The second kappa shape index (κ2) is 6.23. The lowest BCUT2D eigenvalue weighted by Crippen LogP contribution is -2.27. The fourth-order valence-electron chi connectivity index (χ4n) is 2.39. The first kappa shape index (κ1) is 16.4. The smallest absolute Gasteiger partial charge is 0.271 e. The van der Waals surface area contributed by atoms with Crippen LogP contribution in [0.2, 0.25) is 0 Å². The van der Waals surface area contributed by atoms with Gasteiger partial charge < -0.3 is 0 Å². The molecule has 0 amide bonds. The summed E-state index contributed by atoms with van der Waals surface area (Å²) in [7, 11) is -7.11. The predicted octanol–water partition coefficient (Wildman–Crippen LogP) is 2.33. The summed E-state index contributed by atoms with van der Waals surface area (Å²) in [6, 6.07) is 8.96. The van der Waals surface area contributed by atoms with Crippen LogP contribution in [0, 0.1) is 0 Å². The molecule has 0 radical (unpaired) electrons. The normalized spacial score (nSPS) is 16.5. The van der Waals surface area contributed by atoms with Gasteiger partial charge in [0.2, 0.25) is 10.0 Å². The Labute approximate surface area is 139 Å². The zero-order valence-electron chi connectivity index (χ0n) is 12.2. The highest BCUT2D eigenvalue weighted by atomic mass is 32.2.